The summed E-state index contributed by atoms with van der Waals surface area (Å²) < 4.78 is 0. The fourth-order valence-corrected chi connectivity index (χ4v) is 13.9. The van der Waals surface area contributed by atoms with Gasteiger partial charge in [-0.3, -0.25) is 0 Å². The van der Waals surface area contributed by atoms with Crippen LogP contribution in [0, 0.1) is 0 Å². The molecule has 2 heteroatoms. The Hall–Kier alpha value is -8.20. The van der Waals surface area contributed by atoms with E-state index in [1.165, 1.54) is 89.0 Å². The van der Waals surface area contributed by atoms with Crippen LogP contribution < -0.4 is 9.80 Å². The number of benzene rings is 10. The molecule has 346 valence electrons. The molecule has 2 nitrogen and oxygen atoms in total. The number of para-hydroxylation sites is 2. The lowest BCUT2D eigenvalue weighted by atomic mass is 9.55. The molecule has 0 aromatic heterocycles. The van der Waals surface area contributed by atoms with E-state index in [0.29, 0.717) is 0 Å². The normalized spacial score (nSPS) is 15.8. The summed E-state index contributed by atoms with van der Waals surface area (Å²) in [5.74, 6) is 0. The van der Waals surface area contributed by atoms with E-state index in [1.807, 2.05) is 0 Å². The van der Waals surface area contributed by atoms with Gasteiger partial charge in [0.05, 0.1) is 5.41 Å². The van der Waals surface area contributed by atoms with Gasteiger partial charge in [0.15, 0.2) is 0 Å². The summed E-state index contributed by atoms with van der Waals surface area (Å²) in [6, 6.07) is 87.3. The number of anilines is 6. The fourth-order valence-electron chi connectivity index (χ4n) is 13.9. The zero-order valence-corrected chi connectivity index (χ0v) is 41.8. The van der Waals surface area contributed by atoms with Crippen molar-refractivity contribution in [2.45, 2.75) is 63.2 Å². The van der Waals surface area contributed by atoms with Gasteiger partial charge in [0.25, 0.3) is 0 Å². The van der Waals surface area contributed by atoms with Crippen LogP contribution in [-0.4, -0.2) is 0 Å². The van der Waals surface area contributed by atoms with E-state index < -0.39 is 5.41 Å². The van der Waals surface area contributed by atoms with Gasteiger partial charge in [-0.1, -0.05) is 199 Å². The van der Waals surface area contributed by atoms with Crippen molar-refractivity contribution in [3.63, 3.8) is 0 Å². The van der Waals surface area contributed by atoms with Crippen molar-refractivity contribution in [2.24, 2.45) is 0 Å². The van der Waals surface area contributed by atoms with Gasteiger partial charge < -0.3 is 9.80 Å². The van der Waals surface area contributed by atoms with Crippen LogP contribution in [0.25, 0.3) is 33.4 Å². The molecule has 0 bridgehead atoms. The summed E-state index contributed by atoms with van der Waals surface area (Å²) >= 11 is 0. The Morgan fingerprint density at radius 1 is 0.208 bits per heavy atom. The molecule has 4 aliphatic rings. The first kappa shape index (κ1) is 42.7. The van der Waals surface area contributed by atoms with Crippen molar-refractivity contribution < 1.29 is 0 Å². The minimum atomic E-state index is -0.632. The Morgan fingerprint density at radius 3 is 0.847 bits per heavy atom. The van der Waals surface area contributed by atoms with E-state index in [-0.39, 0.29) is 16.2 Å². The van der Waals surface area contributed by atoms with Gasteiger partial charge in [-0.05, 0) is 162 Å². The molecule has 72 heavy (non-hydrogen) atoms. The monoisotopic (exact) mass is 924 g/mol. The highest BCUT2D eigenvalue weighted by molar-refractivity contribution is 5.94. The number of nitrogens with zero attached hydrogens (tertiary/aromatic N) is 2. The topological polar surface area (TPSA) is 6.48 Å². The van der Waals surface area contributed by atoms with Gasteiger partial charge >= 0.3 is 0 Å². The van der Waals surface area contributed by atoms with Gasteiger partial charge in [-0.2, -0.15) is 0 Å². The zero-order chi connectivity index (χ0) is 48.7. The molecular weight excluding hydrogens is 869 g/mol. The summed E-state index contributed by atoms with van der Waals surface area (Å²) in [5.41, 5.74) is 27.0. The Balaban J connectivity index is 1.01. The Morgan fingerprint density at radius 2 is 0.472 bits per heavy atom. The number of fused-ring (bicyclic) bond motifs is 15. The molecule has 0 N–H and O–H groups in total. The van der Waals surface area contributed by atoms with Crippen LogP contribution in [-0.2, 0) is 21.7 Å². The van der Waals surface area contributed by atoms with E-state index in [4.69, 9.17) is 0 Å². The molecule has 0 atom stereocenters. The van der Waals surface area contributed by atoms with Crippen molar-refractivity contribution >= 4 is 34.1 Å². The largest absolute Gasteiger partial charge is 0.310 e. The highest BCUT2D eigenvalue weighted by Crippen LogP contribution is 2.64. The lowest BCUT2D eigenvalue weighted by Crippen LogP contribution is -2.40. The summed E-state index contributed by atoms with van der Waals surface area (Å²) in [4.78, 5) is 4.97. The third-order valence-electron chi connectivity index (χ3n) is 17.3. The van der Waals surface area contributed by atoms with Gasteiger partial charge in [-0.15, -0.1) is 0 Å². The van der Waals surface area contributed by atoms with E-state index in [1.54, 1.807) is 0 Å². The molecule has 0 radical (unpaired) electrons. The number of rotatable bonds is 6. The molecule has 0 fully saturated rings. The van der Waals surface area contributed by atoms with Crippen molar-refractivity contribution in [3.8, 4) is 33.4 Å². The molecule has 14 rings (SSSR count). The number of hydrogen-bond acceptors (Lipinski definition) is 2. The zero-order valence-electron chi connectivity index (χ0n) is 41.8. The molecule has 10 aromatic carbocycles. The highest BCUT2D eigenvalue weighted by atomic mass is 15.1. The van der Waals surface area contributed by atoms with Crippen LogP contribution in [0.2, 0.25) is 0 Å². The molecule has 0 aliphatic heterocycles. The standard InChI is InChI=1S/C70H56N2/c1-67(2)57-27-15-13-25-51(57)53-37-33-47(41-63(53)67)71(45-21-9-7-10-22-45)49-35-39-55-56-40-36-50(44-66(56)70(65(55)43-49)61-31-19-17-29-59(61)69(5,6)60-30-18-20-32-62(60)70)72(46-23-11-8-12-24-46)48-34-38-54-52-26-14-16-28-58(52)68(3,4)64(54)42-48/h7-44H,1-6H3. The molecule has 0 heterocycles. The van der Waals surface area contributed by atoms with Crippen molar-refractivity contribution in [1.82, 2.24) is 0 Å². The Bertz CT molecular complexity index is 3600. The fraction of sp³-hybridized carbons (Fsp3) is 0.143. The van der Waals surface area contributed by atoms with Crippen LogP contribution in [0.4, 0.5) is 34.1 Å². The maximum Gasteiger partial charge on any atom is 0.0721 e. The molecule has 0 amide bonds. The molecule has 0 saturated carbocycles. The quantitative estimate of drug-likeness (QED) is 0.164. The SMILES string of the molecule is CC1(C)c2ccccc2-c2ccc(N(c3ccccc3)c3ccc4c(c3)C3(c5cc(N(c6ccccc6)c6ccc7c(c6)C(C)(C)c6ccccc6-7)ccc5-4)c4ccccc4C(C)(C)c4ccccc43)cc21. The maximum absolute atomic E-state index is 2.54. The predicted molar refractivity (Wildman–Crippen MR) is 300 cm³/mol. The van der Waals surface area contributed by atoms with E-state index in [2.05, 4.69) is 282 Å². The summed E-state index contributed by atoms with van der Waals surface area (Å²) in [6.07, 6.45) is 0. The third kappa shape index (κ3) is 5.72. The lowest BCUT2D eigenvalue weighted by Gasteiger charge is -2.47. The van der Waals surface area contributed by atoms with Crippen LogP contribution in [0.1, 0.15) is 97.2 Å². The van der Waals surface area contributed by atoms with Crippen LogP contribution in [0.15, 0.2) is 231 Å². The molecule has 0 saturated heterocycles. The minimum Gasteiger partial charge on any atom is -0.310 e. The average Bonchev–Trinajstić information content (AvgIpc) is 3.93. The van der Waals surface area contributed by atoms with E-state index in [9.17, 15) is 0 Å². The van der Waals surface area contributed by atoms with Gasteiger partial charge in [-0.25, -0.2) is 0 Å². The van der Waals surface area contributed by atoms with Gasteiger partial charge in [0.1, 0.15) is 0 Å². The second kappa shape index (κ2) is 15.2. The molecule has 0 unspecified atom stereocenters. The summed E-state index contributed by atoms with van der Waals surface area (Å²) in [5, 5.41) is 0. The smallest absolute Gasteiger partial charge is 0.0721 e. The maximum atomic E-state index is 2.54. The predicted octanol–water partition coefficient (Wildman–Crippen LogP) is 18.2. The second-order valence-corrected chi connectivity index (χ2v) is 22.1. The first-order valence-corrected chi connectivity index (χ1v) is 25.7. The average molecular weight is 925 g/mol. The summed E-state index contributed by atoms with van der Waals surface area (Å²) in [7, 11) is 0. The van der Waals surface area contributed by atoms with E-state index >= 15 is 0 Å². The van der Waals surface area contributed by atoms with Crippen molar-refractivity contribution in [3.05, 3.63) is 286 Å². The molecular formula is C70H56N2. The minimum absolute atomic E-state index is 0.136. The third-order valence-corrected chi connectivity index (χ3v) is 17.3. The molecule has 10 aromatic rings. The first-order chi connectivity index (χ1) is 35.0. The van der Waals surface area contributed by atoms with Crippen LogP contribution in [0.3, 0.4) is 0 Å². The Labute approximate surface area is 424 Å². The molecule has 1 spiro atoms. The number of hydrogen-bond donors (Lipinski definition) is 0. The van der Waals surface area contributed by atoms with E-state index in [0.717, 1.165) is 34.1 Å². The summed E-state index contributed by atoms with van der Waals surface area (Å²) in [6.45, 7) is 14.3. The van der Waals surface area contributed by atoms with Crippen LogP contribution >= 0.6 is 0 Å². The highest BCUT2D eigenvalue weighted by Gasteiger charge is 2.54. The van der Waals surface area contributed by atoms with Crippen molar-refractivity contribution in [2.75, 3.05) is 9.80 Å². The second-order valence-electron chi connectivity index (χ2n) is 22.1. The van der Waals surface area contributed by atoms with Crippen molar-refractivity contribution in [1.29, 1.82) is 0 Å². The van der Waals surface area contributed by atoms with Gasteiger partial charge in [0, 0.05) is 50.4 Å². The first-order valence-electron chi connectivity index (χ1n) is 25.7. The lowest BCUT2D eigenvalue weighted by molar-refractivity contribution is 0.563. The Kier molecular flexibility index (Phi) is 8.98. The van der Waals surface area contributed by atoms with Crippen LogP contribution in [0.5, 0.6) is 0 Å². The van der Waals surface area contributed by atoms with Gasteiger partial charge in [0.2, 0.25) is 0 Å². The molecule has 4 aliphatic carbocycles.